The highest BCUT2D eigenvalue weighted by molar-refractivity contribution is 5.78. The van der Waals surface area contributed by atoms with E-state index in [1.54, 1.807) is 0 Å². The van der Waals surface area contributed by atoms with Gasteiger partial charge in [-0.2, -0.15) is 0 Å². The molecule has 2 aromatic carbocycles. The Kier molecular flexibility index (Phi) is 3.98. The third-order valence-corrected chi connectivity index (χ3v) is 4.00. The number of hydrogen-bond donors (Lipinski definition) is 0. The van der Waals surface area contributed by atoms with E-state index < -0.39 is 0 Å². The first-order valence-corrected chi connectivity index (χ1v) is 7.39. The molecule has 0 unspecified atom stereocenters. The molecule has 1 saturated heterocycles. The number of likely N-dealkylation sites (tertiary alicyclic amines) is 1. The topological polar surface area (TPSA) is 3.24 Å². The van der Waals surface area contributed by atoms with Crippen molar-refractivity contribution in [1.29, 1.82) is 0 Å². The fourth-order valence-corrected chi connectivity index (χ4v) is 2.86. The maximum atomic E-state index is 4.25. The Morgan fingerprint density at radius 2 is 1.60 bits per heavy atom. The minimum absolute atomic E-state index is 1.07. The summed E-state index contributed by atoms with van der Waals surface area (Å²) in [4.78, 5) is 2.53. The molecule has 3 rings (SSSR count). The summed E-state index contributed by atoms with van der Waals surface area (Å²) in [6.45, 7) is 7.80. The van der Waals surface area contributed by atoms with Crippen LogP contribution < -0.4 is 0 Å². The van der Waals surface area contributed by atoms with Crippen molar-refractivity contribution in [3.8, 4) is 0 Å². The van der Waals surface area contributed by atoms with Gasteiger partial charge in [-0.05, 0) is 54.3 Å². The van der Waals surface area contributed by atoms with Crippen molar-refractivity contribution in [1.82, 2.24) is 4.90 Å². The van der Waals surface area contributed by atoms with Crippen LogP contribution in [0.5, 0.6) is 0 Å². The summed E-state index contributed by atoms with van der Waals surface area (Å²) < 4.78 is 0. The molecule has 102 valence electrons. The zero-order chi connectivity index (χ0) is 13.8. The predicted octanol–water partition coefficient (Wildman–Crippen LogP) is 4.34. The average Bonchev–Trinajstić information content (AvgIpc) is 3.01. The van der Waals surface area contributed by atoms with E-state index in [-0.39, 0.29) is 0 Å². The highest BCUT2D eigenvalue weighted by Gasteiger charge is 2.12. The van der Waals surface area contributed by atoms with Crippen LogP contribution in [0.25, 0.3) is 5.57 Å². The highest BCUT2D eigenvalue weighted by atomic mass is 15.1. The summed E-state index contributed by atoms with van der Waals surface area (Å²) in [6.07, 6.45) is 2.69. The van der Waals surface area contributed by atoms with Gasteiger partial charge < -0.3 is 0 Å². The Hall–Kier alpha value is -1.86. The Balaban J connectivity index is 1.78. The zero-order valence-electron chi connectivity index (χ0n) is 11.9. The largest absolute Gasteiger partial charge is 0.299 e. The van der Waals surface area contributed by atoms with Gasteiger partial charge in [0.15, 0.2) is 0 Å². The summed E-state index contributed by atoms with van der Waals surface area (Å²) in [7, 11) is 0. The number of benzene rings is 2. The maximum absolute atomic E-state index is 4.25. The summed E-state index contributed by atoms with van der Waals surface area (Å²) in [5.74, 6) is 0. The van der Waals surface area contributed by atoms with Gasteiger partial charge in [-0.1, -0.05) is 55.1 Å². The van der Waals surface area contributed by atoms with Crippen LogP contribution >= 0.6 is 0 Å². The van der Waals surface area contributed by atoms with Gasteiger partial charge in [0.25, 0.3) is 0 Å². The van der Waals surface area contributed by atoms with E-state index in [0.717, 1.165) is 12.1 Å². The second kappa shape index (κ2) is 6.06. The van der Waals surface area contributed by atoms with Crippen molar-refractivity contribution in [2.45, 2.75) is 19.4 Å². The van der Waals surface area contributed by atoms with Gasteiger partial charge in [0, 0.05) is 6.54 Å². The van der Waals surface area contributed by atoms with E-state index >= 15 is 0 Å². The van der Waals surface area contributed by atoms with Crippen LogP contribution in [0.2, 0.25) is 0 Å². The van der Waals surface area contributed by atoms with Crippen molar-refractivity contribution >= 4 is 5.57 Å². The zero-order valence-corrected chi connectivity index (χ0v) is 11.9. The first kappa shape index (κ1) is 13.1. The monoisotopic (exact) mass is 263 g/mol. The Morgan fingerprint density at radius 1 is 0.900 bits per heavy atom. The standard InChI is InChI=1S/C19H21N/c1-16(18-9-3-2-4-10-18)19-11-7-8-17(14-19)15-20-12-5-6-13-20/h2-4,7-11,14H,1,5-6,12-13,15H2. The molecule has 1 aliphatic heterocycles. The molecule has 0 aliphatic carbocycles. The van der Waals surface area contributed by atoms with Crippen molar-refractivity contribution in [3.63, 3.8) is 0 Å². The van der Waals surface area contributed by atoms with Gasteiger partial charge >= 0.3 is 0 Å². The van der Waals surface area contributed by atoms with Gasteiger partial charge in [-0.15, -0.1) is 0 Å². The fourth-order valence-electron chi connectivity index (χ4n) is 2.86. The lowest BCUT2D eigenvalue weighted by Crippen LogP contribution is -2.18. The second-order valence-corrected chi connectivity index (χ2v) is 5.53. The van der Waals surface area contributed by atoms with Crippen molar-refractivity contribution in [2.24, 2.45) is 0 Å². The van der Waals surface area contributed by atoms with Gasteiger partial charge in [0.05, 0.1) is 0 Å². The van der Waals surface area contributed by atoms with E-state index in [2.05, 4.69) is 60.0 Å². The second-order valence-electron chi connectivity index (χ2n) is 5.53. The smallest absolute Gasteiger partial charge is 0.0233 e. The van der Waals surface area contributed by atoms with E-state index in [9.17, 15) is 0 Å². The van der Waals surface area contributed by atoms with Crippen LogP contribution in [-0.4, -0.2) is 18.0 Å². The highest BCUT2D eigenvalue weighted by Crippen LogP contribution is 2.23. The van der Waals surface area contributed by atoms with E-state index in [0.29, 0.717) is 0 Å². The minimum Gasteiger partial charge on any atom is -0.299 e. The lowest BCUT2D eigenvalue weighted by molar-refractivity contribution is 0.331. The van der Waals surface area contributed by atoms with Gasteiger partial charge in [-0.25, -0.2) is 0 Å². The van der Waals surface area contributed by atoms with Gasteiger partial charge in [0.2, 0.25) is 0 Å². The van der Waals surface area contributed by atoms with Crippen LogP contribution in [0.1, 0.15) is 29.5 Å². The van der Waals surface area contributed by atoms with Crippen molar-refractivity contribution in [2.75, 3.05) is 13.1 Å². The molecule has 0 bridgehead atoms. The Morgan fingerprint density at radius 3 is 2.35 bits per heavy atom. The van der Waals surface area contributed by atoms with E-state index in [4.69, 9.17) is 0 Å². The summed E-state index contributed by atoms with van der Waals surface area (Å²) >= 11 is 0. The van der Waals surface area contributed by atoms with Crippen LogP contribution in [0.15, 0.2) is 61.2 Å². The number of nitrogens with zero attached hydrogens (tertiary/aromatic N) is 1. The summed E-state index contributed by atoms with van der Waals surface area (Å²) in [6, 6.07) is 19.2. The molecule has 0 aromatic heterocycles. The SMILES string of the molecule is C=C(c1ccccc1)c1cccc(CN2CCCC2)c1. The molecule has 20 heavy (non-hydrogen) atoms. The van der Waals surface area contributed by atoms with Crippen LogP contribution in [0.4, 0.5) is 0 Å². The molecule has 1 fully saturated rings. The van der Waals surface area contributed by atoms with Crippen LogP contribution in [-0.2, 0) is 6.54 Å². The quantitative estimate of drug-likeness (QED) is 0.793. The maximum Gasteiger partial charge on any atom is 0.0233 e. The predicted molar refractivity (Wildman–Crippen MR) is 85.5 cm³/mol. The molecule has 2 aromatic rings. The van der Waals surface area contributed by atoms with Crippen LogP contribution in [0, 0.1) is 0 Å². The fraction of sp³-hybridized carbons (Fsp3) is 0.263. The Labute approximate surface area is 121 Å². The van der Waals surface area contributed by atoms with Crippen molar-refractivity contribution in [3.05, 3.63) is 77.9 Å². The average molecular weight is 263 g/mol. The third kappa shape index (κ3) is 3.00. The normalized spacial score (nSPS) is 15.4. The minimum atomic E-state index is 1.07. The molecule has 1 heterocycles. The van der Waals surface area contributed by atoms with Crippen molar-refractivity contribution < 1.29 is 0 Å². The lowest BCUT2D eigenvalue weighted by Gasteiger charge is -2.15. The molecule has 0 saturated carbocycles. The summed E-state index contributed by atoms with van der Waals surface area (Å²) in [5, 5.41) is 0. The first-order chi connectivity index (χ1) is 9.83. The molecule has 0 N–H and O–H groups in total. The summed E-state index contributed by atoms with van der Waals surface area (Å²) in [5.41, 5.74) is 4.93. The van der Waals surface area contributed by atoms with Gasteiger partial charge in [-0.3, -0.25) is 4.90 Å². The first-order valence-electron chi connectivity index (χ1n) is 7.39. The number of hydrogen-bond acceptors (Lipinski definition) is 1. The van der Waals surface area contributed by atoms with Crippen LogP contribution in [0.3, 0.4) is 0 Å². The van der Waals surface area contributed by atoms with Gasteiger partial charge in [0.1, 0.15) is 0 Å². The molecule has 0 spiro atoms. The molecule has 0 radical (unpaired) electrons. The van der Waals surface area contributed by atoms with E-state index in [1.807, 2.05) is 6.07 Å². The molecular weight excluding hydrogens is 242 g/mol. The molecule has 0 amide bonds. The molecule has 1 aliphatic rings. The Bertz CT molecular complexity index is 580. The number of rotatable bonds is 4. The molecule has 1 nitrogen and oxygen atoms in total. The van der Waals surface area contributed by atoms with E-state index in [1.165, 1.54) is 42.6 Å². The third-order valence-electron chi connectivity index (χ3n) is 4.00. The molecular formula is C19H21N. The molecule has 0 atom stereocenters. The molecule has 1 heteroatoms. The lowest BCUT2D eigenvalue weighted by atomic mass is 9.98.